The van der Waals surface area contributed by atoms with Crippen molar-refractivity contribution in [1.29, 1.82) is 0 Å². The number of nitrogens with two attached hydrogens (primary N) is 1. The standard InChI is InChI=1S/C31H26N8O3/c1-19(34-30(40)27-28(32)36-38-15-14-25(42-3)35-29(27)38)24-16-22-9-7-8-21(13-12-20-17-33-37(2)18-20)26(22)31(41)39(24)23-10-5-4-6-11-23/h4-11,14-19H,1-3H3,(H2,32,36)(H,34,40)/t19-/m0/s1/i2D3,3D3. The zero-order valence-corrected chi connectivity index (χ0v) is 22.1. The van der Waals surface area contributed by atoms with E-state index in [0.29, 0.717) is 33.3 Å². The molecule has 0 radical (unpaired) electrons. The van der Waals surface area contributed by atoms with Crippen LogP contribution in [-0.2, 0) is 6.98 Å². The minimum Gasteiger partial charge on any atom is -0.481 e. The predicted octanol–water partition coefficient (Wildman–Crippen LogP) is 3.25. The van der Waals surface area contributed by atoms with E-state index in [1.54, 1.807) is 55.5 Å². The number of hydrogen-bond acceptors (Lipinski definition) is 7. The highest BCUT2D eigenvalue weighted by molar-refractivity contribution is 6.04. The van der Waals surface area contributed by atoms with E-state index in [4.69, 9.17) is 18.7 Å². The molecule has 0 fully saturated rings. The summed E-state index contributed by atoms with van der Waals surface area (Å²) in [7, 11) is -2.76. The lowest BCUT2D eigenvalue weighted by Crippen LogP contribution is -2.32. The van der Waals surface area contributed by atoms with Gasteiger partial charge in [-0.25, -0.2) is 4.52 Å². The average Bonchev–Trinajstić information content (AvgIpc) is 3.63. The van der Waals surface area contributed by atoms with Gasteiger partial charge in [-0.3, -0.25) is 18.8 Å². The molecule has 2 aromatic carbocycles. The number of aromatic nitrogens is 6. The molecule has 0 spiro atoms. The highest BCUT2D eigenvalue weighted by Crippen LogP contribution is 2.25. The van der Waals surface area contributed by atoms with Gasteiger partial charge in [0.15, 0.2) is 11.5 Å². The summed E-state index contributed by atoms with van der Waals surface area (Å²) in [5, 5.41) is 11.7. The summed E-state index contributed by atoms with van der Waals surface area (Å²) in [5.74, 6) is 4.81. The second-order valence-electron chi connectivity index (χ2n) is 9.33. The van der Waals surface area contributed by atoms with Crippen LogP contribution in [0.5, 0.6) is 5.88 Å². The Hall–Kier alpha value is -5.89. The summed E-state index contributed by atoms with van der Waals surface area (Å²) < 4.78 is 53.1. The molecule has 6 rings (SSSR count). The van der Waals surface area contributed by atoms with E-state index in [0.717, 1.165) is 4.68 Å². The van der Waals surface area contributed by atoms with Gasteiger partial charge in [-0.1, -0.05) is 42.2 Å². The van der Waals surface area contributed by atoms with Crippen LogP contribution < -0.4 is 21.3 Å². The van der Waals surface area contributed by atoms with Gasteiger partial charge in [-0.2, -0.15) is 10.1 Å². The van der Waals surface area contributed by atoms with Gasteiger partial charge in [0.25, 0.3) is 11.5 Å². The average molecular weight is 565 g/mol. The Morgan fingerprint density at radius 2 is 2.00 bits per heavy atom. The molecular formula is C31H26N8O3. The molecule has 0 saturated carbocycles. The van der Waals surface area contributed by atoms with Crippen LogP contribution in [0.25, 0.3) is 22.1 Å². The van der Waals surface area contributed by atoms with Crippen LogP contribution in [0.2, 0.25) is 0 Å². The van der Waals surface area contributed by atoms with Gasteiger partial charge in [-0.05, 0) is 36.6 Å². The molecular weight excluding hydrogens is 532 g/mol. The molecule has 0 bridgehead atoms. The van der Waals surface area contributed by atoms with Gasteiger partial charge < -0.3 is 15.8 Å². The summed E-state index contributed by atoms with van der Waals surface area (Å²) in [6.45, 7) is -0.751. The second kappa shape index (κ2) is 10.6. The molecule has 11 heteroatoms. The number of fused-ring (bicyclic) bond motifs is 2. The fourth-order valence-electron chi connectivity index (χ4n) is 4.72. The lowest BCUT2D eigenvalue weighted by atomic mass is 10.0. The van der Waals surface area contributed by atoms with Crippen LogP contribution >= 0.6 is 0 Å². The van der Waals surface area contributed by atoms with Crippen molar-refractivity contribution < 1.29 is 17.8 Å². The Morgan fingerprint density at radius 1 is 1.14 bits per heavy atom. The van der Waals surface area contributed by atoms with Gasteiger partial charge in [-0.15, -0.1) is 5.10 Å². The number of nitrogen functional groups attached to an aromatic ring is 1. The van der Waals surface area contributed by atoms with Crippen molar-refractivity contribution in [1.82, 2.24) is 34.3 Å². The van der Waals surface area contributed by atoms with Gasteiger partial charge in [0.2, 0.25) is 5.88 Å². The molecule has 4 aromatic heterocycles. The summed E-state index contributed by atoms with van der Waals surface area (Å²) in [5.41, 5.74) is 7.30. The highest BCUT2D eigenvalue weighted by atomic mass is 16.5. The number of aryl methyl sites for hydroxylation is 1. The summed E-state index contributed by atoms with van der Waals surface area (Å²) in [4.78, 5) is 32.1. The Morgan fingerprint density at radius 3 is 2.79 bits per heavy atom. The van der Waals surface area contributed by atoms with E-state index in [1.807, 2.05) is 6.07 Å². The lowest BCUT2D eigenvalue weighted by molar-refractivity contribution is 0.0941. The van der Waals surface area contributed by atoms with Gasteiger partial charge in [0, 0.05) is 46.5 Å². The minimum atomic E-state index is -2.76. The first-order chi connectivity index (χ1) is 22.7. The number of pyridine rings is 1. The number of anilines is 1. The molecule has 42 heavy (non-hydrogen) atoms. The first kappa shape index (κ1) is 20.1. The number of benzene rings is 2. The monoisotopic (exact) mass is 564 g/mol. The molecule has 4 heterocycles. The number of carbonyl (C=O) groups excluding carboxylic acids is 1. The van der Waals surface area contributed by atoms with Crippen molar-refractivity contribution in [3.63, 3.8) is 0 Å². The normalized spacial score (nSPS) is 14.4. The molecule has 0 saturated heterocycles. The van der Waals surface area contributed by atoms with Crippen molar-refractivity contribution in [2.45, 2.75) is 13.0 Å². The van der Waals surface area contributed by atoms with E-state index >= 15 is 0 Å². The number of amides is 1. The fraction of sp³-hybridized carbons (Fsp3) is 0.129. The topological polar surface area (TPSA) is 134 Å². The van der Waals surface area contributed by atoms with E-state index in [2.05, 4.69) is 32.3 Å². The third-order valence-corrected chi connectivity index (χ3v) is 6.62. The van der Waals surface area contributed by atoms with E-state index in [9.17, 15) is 9.59 Å². The van der Waals surface area contributed by atoms with Crippen molar-refractivity contribution in [3.05, 3.63) is 112 Å². The smallest absolute Gasteiger partial charge is 0.264 e. The zero-order chi connectivity index (χ0) is 34.4. The SMILES string of the molecule is [2H]C([2H])([2H])Oc1ccn2nc(N)c(C(=O)N[C@@H](C)c3cc4cccc(C#Cc5cnn(C([2H])([2H])[2H])c5)c4c(=O)n3-c3ccccc3)c2n1. The van der Waals surface area contributed by atoms with E-state index in [-0.39, 0.29) is 22.9 Å². The quantitative estimate of drug-likeness (QED) is 0.307. The van der Waals surface area contributed by atoms with Crippen LogP contribution in [0, 0.1) is 11.8 Å². The first-order valence-electron chi connectivity index (χ1n) is 15.7. The van der Waals surface area contributed by atoms with Crippen LogP contribution in [-0.4, -0.2) is 41.9 Å². The third-order valence-electron chi connectivity index (χ3n) is 6.62. The highest BCUT2D eigenvalue weighted by Gasteiger charge is 2.24. The number of ether oxygens (including phenoxy) is 1. The van der Waals surface area contributed by atoms with Crippen LogP contribution in [0.3, 0.4) is 0 Å². The maximum atomic E-state index is 14.3. The van der Waals surface area contributed by atoms with Crippen LogP contribution in [0.4, 0.5) is 5.82 Å². The molecule has 6 aromatic rings. The molecule has 208 valence electrons. The van der Waals surface area contributed by atoms with Crippen molar-refractivity contribution in [3.8, 4) is 23.4 Å². The van der Waals surface area contributed by atoms with Gasteiger partial charge in [0.1, 0.15) is 5.56 Å². The van der Waals surface area contributed by atoms with Crippen molar-refractivity contribution >= 4 is 28.1 Å². The maximum Gasteiger partial charge on any atom is 0.264 e. The molecule has 11 nitrogen and oxygen atoms in total. The van der Waals surface area contributed by atoms with Crippen molar-refractivity contribution in [2.24, 2.45) is 6.98 Å². The Bertz CT molecular complexity index is 2310. The summed E-state index contributed by atoms with van der Waals surface area (Å²) in [6, 6.07) is 16.3. The predicted molar refractivity (Wildman–Crippen MR) is 159 cm³/mol. The molecule has 0 aliphatic rings. The molecule has 1 atom stereocenters. The Kier molecular flexibility index (Phi) is 5.06. The number of nitrogens with zero attached hydrogens (tertiary/aromatic N) is 6. The summed E-state index contributed by atoms with van der Waals surface area (Å²) >= 11 is 0. The van der Waals surface area contributed by atoms with Crippen molar-refractivity contribution in [2.75, 3.05) is 12.8 Å². The molecule has 0 unspecified atom stereocenters. The van der Waals surface area contributed by atoms with Crippen LogP contribution in [0.15, 0.2) is 84.0 Å². The number of methoxy groups -OCH3 is 1. The third kappa shape index (κ3) is 4.71. The van der Waals surface area contributed by atoms with E-state index < -0.39 is 31.5 Å². The number of para-hydroxylation sites is 1. The fourth-order valence-corrected chi connectivity index (χ4v) is 4.72. The number of hydrogen-bond donors (Lipinski definition) is 2. The Labute approximate surface area is 248 Å². The molecule has 0 aliphatic carbocycles. The zero-order valence-electron chi connectivity index (χ0n) is 28.1. The molecule has 0 aliphatic heterocycles. The summed E-state index contributed by atoms with van der Waals surface area (Å²) in [6.07, 6.45) is 4.02. The Balaban J connectivity index is 1.42. The van der Waals surface area contributed by atoms with Gasteiger partial charge in [0.05, 0.1) is 34.3 Å². The number of carbonyl (C=O) groups is 1. The number of nitrogens with one attached hydrogen (secondary N) is 1. The second-order valence-corrected chi connectivity index (χ2v) is 9.33. The first-order valence-corrected chi connectivity index (χ1v) is 12.7. The van der Waals surface area contributed by atoms with Crippen LogP contribution in [0.1, 0.15) is 48.4 Å². The molecule has 1 amide bonds. The molecule has 3 N–H and O–H groups in total. The number of rotatable bonds is 5. The maximum absolute atomic E-state index is 14.3. The minimum absolute atomic E-state index is 0.0227. The van der Waals surface area contributed by atoms with Gasteiger partial charge >= 0.3 is 0 Å². The van der Waals surface area contributed by atoms with E-state index in [1.165, 1.54) is 33.7 Å². The largest absolute Gasteiger partial charge is 0.481 e. The lowest BCUT2D eigenvalue weighted by Gasteiger charge is -2.21.